The number of likely N-dealkylation sites (N-methyl/N-ethyl adjacent to an activating group) is 1. The minimum absolute atomic E-state index is 0.0727. The summed E-state index contributed by atoms with van der Waals surface area (Å²) in [6.45, 7) is 7.52. The lowest BCUT2D eigenvalue weighted by Gasteiger charge is -2.18. The van der Waals surface area contributed by atoms with Crippen LogP contribution in [-0.2, 0) is 13.8 Å². The molecule has 0 saturated heterocycles. The lowest BCUT2D eigenvalue weighted by Crippen LogP contribution is -2.31. The lowest BCUT2D eigenvalue weighted by molar-refractivity contribution is -0.131. The summed E-state index contributed by atoms with van der Waals surface area (Å²) in [5.74, 6) is 0.386. The molecule has 0 fully saturated rings. The highest BCUT2D eigenvalue weighted by Gasteiger charge is 2.20. The molecule has 1 aromatic rings. The second kappa shape index (κ2) is 6.66. The molecular weight excluding hydrogens is 314 g/mol. The van der Waals surface area contributed by atoms with Crippen molar-refractivity contribution in [2.75, 3.05) is 20.2 Å². The number of hydrogen-bond donors (Lipinski definition) is 0. The number of rotatable bonds is 5. The molecule has 1 rings (SSSR count). The van der Waals surface area contributed by atoms with Gasteiger partial charge in [-0.2, -0.15) is 0 Å². The van der Waals surface area contributed by atoms with E-state index in [2.05, 4.69) is 0 Å². The number of ether oxygens (including phenoxy) is 1. The van der Waals surface area contributed by atoms with E-state index in [9.17, 15) is 13.2 Å². The smallest absolute Gasteiger partial charge is 0.261 e. The largest absolute Gasteiger partial charge is 0.483 e. The van der Waals surface area contributed by atoms with Crippen LogP contribution in [0.1, 0.15) is 23.6 Å². The number of benzene rings is 1. The van der Waals surface area contributed by atoms with E-state index >= 15 is 0 Å². The minimum atomic E-state index is -3.80. The number of carbonyl (C=O) groups is 1. The fourth-order valence-electron chi connectivity index (χ4n) is 1.92. The van der Waals surface area contributed by atoms with Gasteiger partial charge in [-0.1, -0.05) is 0 Å². The van der Waals surface area contributed by atoms with E-state index in [-0.39, 0.29) is 17.4 Å². The average molecular weight is 334 g/mol. The Kier molecular flexibility index (Phi) is 5.64. The molecule has 0 radical (unpaired) electrons. The standard InChI is InChI=1S/C14H20ClNO4S/c1-6-16(5)13(17)8-20-14-9(2)7-12(21(15,18)19)10(3)11(14)4/h7H,6,8H2,1-5H3. The maximum atomic E-state index is 11.8. The van der Waals surface area contributed by atoms with Crippen LogP contribution in [0, 0.1) is 20.8 Å². The van der Waals surface area contributed by atoms with Crippen LogP contribution in [0.15, 0.2) is 11.0 Å². The molecule has 0 spiro atoms. The van der Waals surface area contributed by atoms with Crippen LogP contribution in [0.3, 0.4) is 0 Å². The number of hydrogen-bond acceptors (Lipinski definition) is 4. The van der Waals surface area contributed by atoms with Crippen molar-refractivity contribution in [2.45, 2.75) is 32.6 Å². The molecule has 0 aliphatic carbocycles. The summed E-state index contributed by atoms with van der Waals surface area (Å²) < 4.78 is 28.6. The van der Waals surface area contributed by atoms with Gasteiger partial charge in [-0.05, 0) is 50.5 Å². The fourth-order valence-corrected chi connectivity index (χ4v) is 3.23. The normalized spacial score (nSPS) is 11.3. The molecule has 1 amide bonds. The van der Waals surface area contributed by atoms with Gasteiger partial charge in [0.1, 0.15) is 5.75 Å². The van der Waals surface area contributed by atoms with Gasteiger partial charge in [-0.3, -0.25) is 4.79 Å². The molecule has 0 saturated carbocycles. The summed E-state index contributed by atoms with van der Waals surface area (Å²) in [5.41, 5.74) is 1.83. The summed E-state index contributed by atoms with van der Waals surface area (Å²) in [6.07, 6.45) is 0. The number of nitrogens with zero attached hydrogens (tertiary/aromatic N) is 1. The Morgan fingerprint density at radius 2 is 1.86 bits per heavy atom. The Bertz CT molecular complexity index is 655. The van der Waals surface area contributed by atoms with Gasteiger partial charge in [-0.25, -0.2) is 8.42 Å². The highest BCUT2D eigenvalue weighted by molar-refractivity contribution is 8.13. The molecule has 0 unspecified atom stereocenters. The third-order valence-corrected chi connectivity index (χ3v) is 4.93. The second-order valence-electron chi connectivity index (χ2n) is 4.91. The van der Waals surface area contributed by atoms with Gasteiger partial charge >= 0.3 is 0 Å². The maximum absolute atomic E-state index is 11.8. The number of aryl methyl sites for hydroxylation is 1. The first kappa shape index (κ1) is 17.8. The third-order valence-electron chi connectivity index (χ3n) is 3.48. The van der Waals surface area contributed by atoms with Crippen molar-refractivity contribution in [3.63, 3.8) is 0 Å². The lowest BCUT2D eigenvalue weighted by atomic mass is 10.1. The first-order valence-electron chi connectivity index (χ1n) is 6.51. The summed E-state index contributed by atoms with van der Waals surface area (Å²) >= 11 is 0. The summed E-state index contributed by atoms with van der Waals surface area (Å²) in [6, 6.07) is 1.47. The van der Waals surface area contributed by atoms with Crippen molar-refractivity contribution in [1.29, 1.82) is 0 Å². The highest BCUT2D eigenvalue weighted by atomic mass is 35.7. The fraction of sp³-hybridized carbons (Fsp3) is 0.500. The average Bonchev–Trinajstić information content (AvgIpc) is 2.40. The van der Waals surface area contributed by atoms with Crippen molar-refractivity contribution < 1.29 is 17.9 Å². The van der Waals surface area contributed by atoms with Crippen LogP contribution < -0.4 is 4.74 Å². The molecule has 0 aromatic heterocycles. The molecule has 5 nitrogen and oxygen atoms in total. The molecule has 118 valence electrons. The minimum Gasteiger partial charge on any atom is -0.483 e. The van der Waals surface area contributed by atoms with Gasteiger partial charge in [0.2, 0.25) is 0 Å². The van der Waals surface area contributed by atoms with Gasteiger partial charge in [0, 0.05) is 24.3 Å². The van der Waals surface area contributed by atoms with Gasteiger partial charge in [0.25, 0.3) is 15.0 Å². The molecule has 0 aliphatic rings. The van der Waals surface area contributed by atoms with E-state index in [4.69, 9.17) is 15.4 Å². The molecule has 0 atom stereocenters. The molecule has 0 aliphatic heterocycles. The zero-order valence-corrected chi connectivity index (χ0v) is 14.4. The molecule has 0 bridgehead atoms. The summed E-state index contributed by atoms with van der Waals surface area (Å²) in [4.78, 5) is 13.4. The predicted molar refractivity (Wildman–Crippen MR) is 82.5 cm³/mol. The third kappa shape index (κ3) is 4.11. The monoisotopic (exact) mass is 333 g/mol. The Hall–Kier alpha value is -1.27. The van der Waals surface area contributed by atoms with Crippen LogP contribution >= 0.6 is 10.7 Å². The van der Waals surface area contributed by atoms with Crippen LogP contribution in [0.5, 0.6) is 5.75 Å². The van der Waals surface area contributed by atoms with E-state index in [0.717, 1.165) is 0 Å². The topological polar surface area (TPSA) is 63.7 Å². The number of halogens is 1. The molecule has 21 heavy (non-hydrogen) atoms. The SMILES string of the molecule is CCN(C)C(=O)COc1c(C)cc(S(=O)(=O)Cl)c(C)c1C. The van der Waals surface area contributed by atoms with Crippen LogP contribution in [-0.4, -0.2) is 39.4 Å². The summed E-state index contributed by atoms with van der Waals surface area (Å²) in [5, 5.41) is 0. The zero-order chi connectivity index (χ0) is 16.4. The Morgan fingerprint density at radius 3 is 2.33 bits per heavy atom. The maximum Gasteiger partial charge on any atom is 0.261 e. The number of carbonyl (C=O) groups excluding carboxylic acids is 1. The quantitative estimate of drug-likeness (QED) is 0.776. The molecular formula is C14H20ClNO4S. The van der Waals surface area contributed by atoms with Crippen LogP contribution in [0.2, 0.25) is 0 Å². The van der Waals surface area contributed by atoms with Gasteiger partial charge in [0.05, 0.1) is 4.90 Å². The molecule has 7 heteroatoms. The van der Waals surface area contributed by atoms with E-state index in [1.54, 1.807) is 32.7 Å². The predicted octanol–water partition coefficient (Wildman–Crippen LogP) is 2.40. The van der Waals surface area contributed by atoms with E-state index in [0.29, 0.717) is 29.0 Å². The Morgan fingerprint density at radius 1 is 1.29 bits per heavy atom. The van der Waals surface area contributed by atoms with Gasteiger partial charge in [-0.15, -0.1) is 0 Å². The van der Waals surface area contributed by atoms with Crippen molar-refractivity contribution in [1.82, 2.24) is 4.90 Å². The van der Waals surface area contributed by atoms with E-state index < -0.39 is 9.05 Å². The van der Waals surface area contributed by atoms with Gasteiger partial charge < -0.3 is 9.64 Å². The van der Waals surface area contributed by atoms with Crippen molar-refractivity contribution in [2.24, 2.45) is 0 Å². The highest BCUT2D eigenvalue weighted by Crippen LogP contribution is 2.32. The first-order valence-corrected chi connectivity index (χ1v) is 8.82. The van der Waals surface area contributed by atoms with Crippen LogP contribution in [0.4, 0.5) is 0 Å². The molecule has 1 aromatic carbocycles. The second-order valence-corrected chi connectivity index (χ2v) is 7.44. The molecule has 0 heterocycles. The van der Waals surface area contributed by atoms with E-state index in [1.165, 1.54) is 6.07 Å². The Balaban J connectivity index is 3.12. The van der Waals surface area contributed by atoms with E-state index in [1.807, 2.05) is 6.92 Å². The number of amides is 1. The van der Waals surface area contributed by atoms with Crippen molar-refractivity contribution in [3.05, 3.63) is 22.8 Å². The van der Waals surface area contributed by atoms with Crippen molar-refractivity contribution in [3.8, 4) is 5.75 Å². The summed E-state index contributed by atoms with van der Waals surface area (Å²) in [7, 11) is 3.31. The zero-order valence-electron chi connectivity index (χ0n) is 12.9. The van der Waals surface area contributed by atoms with Gasteiger partial charge in [0.15, 0.2) is 6.61 Å². The first-order chi connectivity index (χ1) is 9.59. The Labute approximate surface area is 130 Å². The molecule has 0 N–H and O–H groups in total. The van der Waals surface area contributed by atoms with Crippen LogP contribution in [0.25, 0.3) is 0 Å². The van der Waals surface area contributed by atoms with Crippen molar-refractivity contribution >= 4 is 25.6 Å².